The minimum absolute atomic E-state index is 0.635. The quantitative estimate of drug-likeness (QED) is 0.699. The number of rotatable bonds is 6. The maximum absolute atomic E-state index is 5.33. The molecule has 0 bridgehead atoms. The number of likely N-dealkylation sites (N-methyl/N-ethyl adjacent to an activating group) is 1. The molecule has 0 saturated carbocycles. The molecule has 3 rings (SSSR count). The van der Waals surface area contributed by atoms with Crippen molar-refractivity contribution in [3.63, 3.8) is 0 Å². The first-order valence-electron chi connectivity index (χ1n) is 7.27. The Morgan fingerprint density at radius 3 is 2.59 bits per heavy atom. The third kappa shape index (κ3) is 3.77. The molecule has 0 aliphatic carbocycles. The van der Waals surface area contributed by atoms with Crippen LogP contribution in [0.4, 0.5) is 0 Å². The van der Waals surface area contributed by atoms with E-state index in [0.717, 1.165) is 18.5 Å². The molecule has 0 aliphatic rings. The molecule has 0 saturated heterocycles. The summed E-state index contributed by atoms with van der Waals surface area (Å²) in [5.41, 5.74) is 2.24. The maximum Gasteiger partial charge on any atom is 0.241 e. The van der Waals surface area contributed by atoms with Gasteiger partial charge in [-0.2, -0.15) is 4.98 Å². The van der Waals surface area contributed by atoms with E-state index in [9.17, 15) is 0 Å². The van der Waals surface area contributed by atoms with Crippen LogP contribution in [0.15, 0.2) is 59.4 Å². The lowest BCUT2D eigenvalue weighted by Gasteiger charge is -2.13. The van der Waals surface area contributed by atoms with Gasteiger partial charge in [0.05, 0.1) is 6.54 Å². The Hall–Kier alpha value is -2.53. The predicted octanol–water partition coefficient (Wildman–Crippen LogP) is 2.81. The fraction of sp³-hybridized carbons (Fsp3) is 0.235. The number of pyridine rings is 1. The van der Waals surface area contributed by atoms with Gasteiger partial charge >= 0.3 is 0 Å². The molecule has 0 atom stereocenters. The van der Waals surface area contributed by atoms with E-state index >= 15 is 0 Å². The van der Waals surface area contributed by atoms with E-state index in [4.69, 9.17) is 4.52 Å². The van der Waals surface area contributed by atoms with Gasteiger partial charge in [-0.1, -0.05) is 35.5 Å². The zero-order valence-corrected chi connectivity index (χ0v) is 12.5. The van der Waals surface area contributed by atoms with Gasteiger partial charge < -0.3 is 4.52 Å². The summed E-state index contributed by atoms with van der Waals surface area (Å²) in [4.78, 5) is 10.6. The van der Waals surface area contributed by atoms with Crippen LogP contribution < -0.4 is 0 Å². The molecule has 1 aromatic carbocycles. The van der Waals surface area contributed by atoms with Crippen molar-refractivity contribution in [3.05, 3.63) is 66.3 Å². The fourth-order valence-corrected chi connectivity index (χ4v) is 2.20. The molecule has 0 N–H and O–H groups in total. The summed E-state index contributed by atoms with van der Waals surface area (Å²) >= 11 is 0. The highest BCUT2D eigenvalue weighted by Gasteiger charge is 2.10. The largest absolute Gasteiger partial charge is 0.338 e. The SMILES string of the molecule is CN(CCc1ccncc1)Cc1nc(-c2ccccc2)no1. The summed E-state index contributed by atoms with van der Waals surface area (Å²) in [6, 6.07) is 13.9. The Morgan fingerprint density at radius 1 is 1.05 bits per heavy atom. The van der Waals surface area contributed by atoms with Crippen molar-refractivity contribution in [2.24, 2.45) is 0 Å². The van der Waals surface area contributed by atoms with Crippen LogP contribution in [0.2, 0.25) is 0 Å². The molecular formula is C17H18N4O. The molecular weight excluding hydrogens is 276 g/mol. The van der Waals surface area contributed by atoms with Crippen LogP contribution in [0, 0.1) is 0 Å². The van der Waals surface area contributed by atoms with Crippen molar-refractivity contribution in [3.8, 4) is 11.4 Å². The van der Waals surface area contributed by atoms with Gasteiger partial charge in [-0.05, 0) is 31.2 Å². The standard InChI is InChI=1S/C17H18N4O/c1-21(12-9-14-7-10-18-11-8-14)13-16-19-17(20-22-16)15-5-3-2-4-6-15/h2-8,10-11H,9,12-13H2,1H3. The highest BCUT2D eigenvalue weighted by atomic mass is 16.5. The zero-order chi connectivity index (χ0) is 15.2. The smallest absolute Gasteiger partial charge is 0.241 e. The molecule has 5 nitrogen and oxygen atoms in total. The normalized spacial score (nSPS) is 11.0. The summed E-state index contributed by atoms with van der Waals surface area (Å²) in [6.45, 7) is 1.57. The van der Waals surface area contributed by atoms with E-state index in [0.29, 0.717) is 18.3 Å². The van der Waals surface area contributed by atoms with Crippen molar-refractivity contribution < 1.29 is 4.52 Å². The Labute approximate surface area is 129 Å². The van der Waals surface area contributed by atoms with Crippen LogP contribution in [0.1, 0.15) is 11.5 Å². The fourth-order valence-electron chi connectivity index (χ4n) is 2.20. The van der Waals surface area contributed by atoms with Crippen molar-refractivity contribution >= 4 is 0 Å². The molecule has 0 amide bonds. The zero-order valence-electron chi connectivity index (χ0n) is 12.5. The topological polar surface area (TPSA) is 55.1 Å². The molecule has 5 heteroatoms. The summed E-state index contributed by atoms with van der Waals surface area (Å²) in [6.07, 6.45) is 4.61. The number of benzene rings is 1. The molecule has 0 spiro atoms. The highest BCUT2D eigenvalue weighted by Crippen LogP contribution is 2.15. The van der Waals surface area contributed by atoms with Crippen molar-refractivity contribution in [2.75, 3.05) is 13.6 Å². The van der Waals surface area contributed by atoms with E-state index < -0.39 is 0 Å². The van der Waals surface area contributed by atoms with Crippen LogP contribution >= 0.6 is 0 Å². The summed E-state index contributed by atoms with van der Waals surface area (Å²) < 4.78 is 5.33. The van der Waals surface area contributed by atoms with E-state index in [1.165, 1.54) is 5.56 Å². The third-order valence-corrected chi connectivity index (χ3v) is 3.44. The Kier molecular flexibility index (Phi) is 4.56. The second-order valence-corrected chi connectivity index (χ2v) is 5.22. The number of hydrogen-bond acceptors (Lipinski definition) is 5. The summed E-state index contributed by atoms with van der Waals surface area (Å²) in [5.74, 6) is 1.27. The second kappa shape index (κ2) is 6.95. The monoisotopic (exact) mass is 294 g/mol. The van der Waals surface area contributed by atoms with E-state index in [-0.39, 0.29) is 0 Å². The van der Waals surface area contributed by atoms with Crippen LogP contribution in [0.3, 0.4) is 0 Å². The molecule has 0 radical (unpaired) electrons. The average Bonchev–Trinajstić information content (AvgIpc) is 3.03. The lowest BCUT2D eigenvalue weighted by molar-refractivity contribution is 0.269. The van der Waals surface area contributed by atoms with Gasteiger partial charge in [0.25, 0.3) is 0 Å². The van der Waals surface area contributed by atoms with Crippen LogP contribution in [0.25, 0.3) is 11.4 Å². The molecule has 0 aliphatic heterocycles. The minimum atomic E-state index is 0.635. The number of hydrogen-bond donors (Lipinski definition) is 0. The Balaban J connectivity index is 1.56. The van der Waals surface area contributed by atoms with Crippen LogP contribution in [-0.4, -0.2) is 33.6 Å². The van der Waals surface area contributed by atoms with Crippen molar-refractivity contribution in [2.45, 2.75) is 13.0 Å². The first kappa shape index (κ1) is 14.4. The Morgan fingerprint density at radius 2 is 1.82 bits per heavy atom. The molecule has 2 aromatic heterocycles. The molecule has 3 aromatic rings. The lowest BCUT2D eigenvalue weighted by atomic mass is 10.2. The summed E-state index contributed by atoms with van der Waals surface area (Å²) in [5, 5.41) is 4.04. The van der Waals surface area contributed by atoms with Gasteiger partial charge in [0.1, 0.15) is 0 Å². The predicted molar refractivity (Wildman–Crippen MR) is 84.0 cm³/mol. The summed E-state index contributed by atoms with van der Waals surface area (Å²) in [7, 11) is 2.05. The lowest BCUT2D eigenvalue weighted by Crippen LogP contribution is -2.20. The Bertz CT molecular complexity index is 697. The van der Waals surface area contributed by atoms with Crippen molar-refractivity contribution in [1.29, 1.82) is 0 Å². The molecule has 0 unspecified atom stereocenters. The number of nitrogens with zero attached hydrogens (tertiary/aromatic N) is 4. The van der Waals surface area contributed by atoms with Gasteiger partial charge in [0, 0.05) is 24.5 Å². The minimum Gasteiger partial charge on any atom is -0.338 e. The average molecular weight is 294 g/mol. The van der Waals surface area contributed by atoms with Crippen LogP contribution in [-0.2, 0) is 13.0 Å². The van der Waals surface area contributed by atoms with Gasteiger partial charge in [0.15, 0.2) is 0 Å². The van der Waals surface area contributed by atoms with Crippen LogP contribution in [0.5, 0.6) is 0 Å². The van der Waals surface area contributed by atoms with Gasteiger partial charge in [-0.3, -0.25) is 9.88 Å². The van der Waals surface area contributed by atoms with E-state index in [1.807, 2.05) is 61.9 Å². The number of aromatic nitrogens is 3. The second-order valence-electron chi connectivity index (χ2n) is 5.22. The molecule has 0 fully saturated rings. The maximum atomic E-state index is 5.33. The van der Waals surface area contributed by atoms with Gasteiger partial charge in [0.2, 0.25) is 11.7 Å². The van der Waals surface area contributed by atoms with Crippen molar-refractivity contribution in [1.82, 2.24) is 20.0 Å². The molecule has 112 valence electrons. The third-order valence-electron chi connectivity index (χ3n) is 3.44. The van der Waals surface area contributed by atoms with E-state index in [1.54, 1.807) is 0 Å². The van der Waals surface area contributed by atoms with Gasteiger partial charge in [-0.25, -0.2) is 0 Å². The van der Waals surface area contributed by atoms with Gasteiger partial charge in [-0.15, -0.1) is 0 Å². The highest BCUT2D eigenvalue weighted by molar-refractivity contribution is 5.53. The first-order chi connectivity index (χ1) is 10.8. The molecule has 2 heterocycles. The molecule has 22 heavy (non-hydrogen) atoms. The van der Waals surface area contributed by atoms with E-state index in [2.05, 4.69) is 20.0 Å². The first-order valence-corrected chi connectivity index (χ1v) is 7.27.